The van der Waals surface area contributed by atoms with Crippen LogP contribution in [0.3, 0.4) is 0 Å². The number of halogens is 3. The zero-order valence-electron chi connectivity index (χ0n) is 15.6. The van der Waals surface area contributed by atoms with E-state index in [1.54, 1.807) is 0 Å². The maximum Gasteiger partial charge on any atom is 0.573 e. The molecule has 0 bridgehead atoms. The molecule has 2 aromatic carbocycles. The first-order valence-electron chi connectivity index (χ1n) is 8.96. The smallest absolute Gasteiger partial charge is 0.496 e. The number of ether oxygens (including phenoxy) is 2. The summed E-state index contributed by atoms with van der Waals surface area (Å²) in [5.41, 5.74) is 1.40. The molecule has 6 nitrogen and oxygen atoms in total. The summed E-state index contributed by atoms with van der Waals surface area (Å²) in [6.45, 7) is 0.181. The van der Waals surface area contributed by atoms with Crippen molar-refractivity contribution in [2.45, 2.75) is 37.5 Å². The summed E-state index contributed by atoms with van der Waals surface area (Å²) in [6.07, 6.45) is -4.46. The van der Waals surface area contributed by atoms with Gasteiger partial charge in [0.05, 0.1) is 7.11 Å². The number of rotatable bonds is 7. The Morgan fingerprint density at radius 3 is 2.59 bits per heavy atom. The van der Waals surface area contributed by atoms with Crippen LogP contribution < -0.4 is 20.1 Å². The number of alkyl halides is 3. The molecular formula is C20H21F3N2O4. The van der Waals surface area contributed by atoms with Crippen LogP contribution >= 0.6 is 0 Å². The fraction of sp³-hybridized carbons (Fsp3) is 0.350. The average Bonchev–Trinajstić information content (AvgIpc) is 3.10. The quantitative estimate of drug-likeness (QED) is 0.651. The fourth-order valence-corrected chi connectivity index (χ4v) is 3.48. The van der Waals surface area contributed by atoms with E-state index < -0.39 is 18.4 Å². The lowest BCUT2D eigenvalue weighted by atomic mass is 10.00. The van der Waals surface area contributed by atoms with E-state index in [0.717, 1.165) is 5.56 Å². The Kier molecular flexibility index (Phi) is 6.29. The molecule has 0 unspecified atom stereocenters. The van der Waals surface area contributed by atoms with Crippen LogP contribution in [0, 0.1) is 0 Å². The van der Waals surface area contributed by atoms with E-state index in [1.165, 1.54) is 25.3 Å². The lowest BCUT2D eigenvalue weighted by Crippen LogP contribution is -2.34. The number of carboxylic acid groups (broad SMARTS) is 1. The maximum absolute atomic E-state index is 12.5. The first kappa shape index (κ1) is 20.9. The maximum atomic E-state index is 12.5. The fourth-order valence-electron chi connectivity index (χ4n) is 3.48. The van der Waals surface area contributed by atoms with E-state index >= 15 is 0 Å². The molecule has 0 spiro atoms. The molecule has 9 heteroatoms. The van der Waals surface area contributed by atoms with Gasteiger partial charge in [-0.1, -0.05) is 30.3 Å². The molecule has 1 aliphatic heterocycles. The number of aliphatic carboxylic acids is 1. The van der Waals surface area contributed by atoms with Crippen LogP contribution in [0.1, 0.15) is 23.6 Å². The van der Waals surface area contributed by atoms with Crippen molar-refractivity contribution in [2.24, 2.45) is 0 Å². The number of hydrogen-bond donors (Lipinski definition) is 3. The second kappa shape index (κ2) is 8.71. The summed E-state index contributed by atoms with van der Waals surface area (Å²) in [7, 11) is 1.42. The standard InChI is InChI=1S/C20H21F3N2O4/c1-28-17-8-7-14(29-20(21,22)23)9-13(17)11-24-15-10-16(19(26)27)25-18(15)12-5-3-2-4-6-12/h2-9,15-16,18,24-25H,10-11H2,1H3,(H,26,27)/t15-,16-,18-/m0/s1. The number of methoxy groups -OCH3 is 1. The predicted molar refractivity (Wildman–Crippen MR) is 98.7 cm³/mol. The van der Waals surface area contributed by atoms with E-state index in [2.05, 4.69) is 15.4 Å². The summed E-state index contributed by atoms with van der Waals surface area (Å²) >= 11 is 0. The third-order valence-electron chi connectivity index (χ3n) is 4.77. The third-order valence-corrected chi connectivity index (χ3v) is 4.77. The van der Waals surface area contributed by atoms with Crippen LogP contribution in [-0.4, -0.2) is 36.6 Å². The Morgan fingerprint density at radius 1 is 1.24 bits per heavy atom. The summed E-state index contributed by atoms with van der Waals surface area (Å²) in [5.74, 6) is -0.889. The van der Waals surface area contributed by atoms with Gasteiger partial charge in [-0.15, -0.1) is 13.2 Å². The molecule has 29 heavy (non-hydrogen) atoms. The molecule has 0 saturated carbocycles. The van der Waals surface area contributed by atoms with Crippen LogP contribution in [0.25, 0.3) is 0 Å². The number of carbonyl (C=O) groups is 1. The Bertz CT molecular complexity index is 845. The van der Waals surface area contributed by atoms with E-state index in [4.69, 9.17) is 4.74 Å². The molecule has 1 fully saturated rings. The van der Waals surface area contributed by atoms with Crippen LogP contribution in [0.2, 0.25) is 0 Å². The van der Waals surface area contributed by atoms with Gasteiger partial charge >= 0.3 is 12.3 Å². The van der Waals surface area contributed by atoms with Gasteiger partial charge in [0.2, 0.25) is 0 Å². The van der Waals surface area contributed by atoms with Crippen LogP contribution in [0.4, 0.5) is 13.2 Å². The molecule has 1 saturated heterocycles. The van der Waals surface area contributed by atoms with Gasteiger partial charge in [0, 0.05) is 24.2 Å². The van der Waals surface area contributed by atoms with Crippen molar-refractivity contribution in [3.63, 3.8) is 0 Å². The summed E-state index contributed by atoms with van der Waals surface area (Å²) in [5, 5.41) is 15.7. The minimum absolute atomic E-state index is 0.181. The van der Waals surface area contributed by atoms with Crippen molar-refractivity contribution in [3.8, 4) is 11.5 Å². The van der Waals surface area contributed by atoms with Gasteiger partial charge in [-0.2, -0.15) is 0 Å². The SMILES string of the molecule is COc1ccc(OC(F)(F)F)cc1CN[C@H]1C[C@@H](C(=O)O)N[C@H]1c1ccccc1. The molecular weight excluding hydrogens is 389 g/mol. The summed E-state index contributed by atoms with van der Waals surface area (Å²) in [4.78, 5) is 11.4. The lowest BCUT2D eigenvalue weighted by molar-refractivity contribution is -0.274. The van der Waals surface area contributed by atoms with Crippen molar-refractivity contribution >= 4 is 5.97 Å². The van der Waals surface area contributed by atoms with Crippen LogP contribution in [-0.2, 0) is 11.3 Å². The first-order chi connectivity index (χ1) is 13.8. The van der Waals surface area contributed by atoms with Gasteiger partial charge in [0.15, 0.2) is 0 Å². The molecule has 3 atom stereocenters. The molecule has 1 heterocycles. The second-order valence-corrected chi connectivity index (χ2v) is 6.69. The van der Waals surface area contributed by atoms with Gasteiger partial charge < -0.3 is 19.9 Å². The lowest BCUT2D eigenvalue weighted by Gasteiger charge is -2.22. The van der Waals surface area contributed by atoms with E-state index in [0.29, 0.717) is 17.7 Å². The molecule has 156 valence electrons. The van der Waals surface area contributed by atoms with Crippen molar-refractivity contribution in [1.82, 2.24) is 10.6 Å². The highest BCUT2D eigenvalue weighted by atomic mass is 19.4. The van der Waals surface area contributed by atoms with Crippen molar-refractivity contribution in [3.05, 3.63) is 59.7 Å². The minimum atomic E-state index is -4.79. The summed E-state index contributed by atoms with van der Waals surface area (Å²) < 4.78 is 46.7. The van der Waals surface area contributed by atoms with Gasteiger partial charge in [-0.05, 0) is 30.2 Å². The van der Waals surface area contributed by atoms with Crippen molar-refractivity contribution < 1.29 is 32.5 Å². The largest absolute Gasteiger partial charge is 0.573 e. The zero-order chi connectivity index (χ0) is 21.0. The molecule has 2 aromatic rings. The average molecular weight is 410 g/mol. The minimum Gasteiger partial charge on any atom is -0.496 e. The number of carboxylic acids is 1. The van der Waals surface area contributed by atoms with Crippen LogP contribution in [0.5, 0.6) is 11.5 Å². The zero-order valence-corrected chi connectivity index (χ0v) is 15.6. The first-order valence-corrected chi connectivity index (χ1v) is 8.96. The van der Waals surface area contributed by atoms with Gasteiger partial charge in [-0.3, -0.25) is 10.1 Å². The molecule has 0 aliphatic carbocycles. The van der Waals surface area contributed by atoms with E-state index in [9.17, 15) is 23.1 Å². The molecule has 3 N–H and O–H groups in total. The summed E-state index contributed by atoms with van der Waals surface area (Å²) in [6, 6.07) is 12.0. The highest BCUT2D eigenvalue weighted by Gasteiger charge is 2.38. The van der Waals surface area contributed by atoms with Gasteiger partial charge in [0.1, 0.15) is 17.5 Å². The van der Waals surface area contributed by atoms with Gasteiger partial charge in [0.25, 0.3) is 0 Å². The normalized spacial score (nSPS) is 21.7. The molecule has 0 aromatic heterocycles. The van der Waals surface area contributed by atoms with Crippen molar-refractivity contribution in [1.29, 1.82) is 0 Å². The monoisotopic (exact) mass is 410 g/mol. The number of nitrogens with one attached hydrogen (secondary N) is 2. The highest BCUT2D eigenvalue weighted by molar-refractivity contribution is 5.74. The number of benzene rings is 2. The topological polar surface area (TPSA) is 79.8 Å². The molecule has 0 radical (unpaired) electrons. The number of hydrogen-bond acceptors (Lipinski definition) is 5. The van der Waals surface area contributed by atoms with Crippen LogP contribution in [0.15, 0.2) is 48.5 Å². The molecule has 3 rings (SSSR count). The Morgan fingerprint density at radius 2 is 1.97 bits per heavy atom. The third kappa shape index (κ3) is 5.39. The van der Waals surface area contributed by atoms with Crippen molar-refractivity contribution in [2.75, 3.05) is 7.11 Å². The van der Waals surface area contributed by atoms with E-state index in [-0.39, 0.29) is 24.4 Å². The molecule has 0 amide bonds. The second-order valence-electron chi connectivity index (χ2n) is 6.69. The Hall–Kier alpha value is -2.78. The van der Waals surface area contributed by atoms with E-state index in [1.807, 2.05) is 30.3 Å². The predicted octanol–water partition coefficient (Wildman–Crippen LogP) is 3.24. The Balaban J connectivity index is 1.77. The molecule has 1 aliphatic rings. The Labute approximate surface area is 165 Å². The highest BCUT2D eigenvalue weighted by Crippen LogP contribution is 2.31. The van der Waals surface area contributed by atoms with Gasteiger partial charge in [-0.25, -0.2) is 0 Å².